The molecule has 2 atom stereocenters. The van der Waals surface area contributed by atoms with Crippen molar-refractivity contribution < 1.29 is 37.6 Å². The van der Waals surface area contributed by atoms with Crippen molar-refractivity contribution in [2.75, 3.05) is 26.4 Å². The first-order chi connectivity index (χ1) is 35.8. The van der Waals surface area contributed by atoms with E-state index in [4.69, 9.17) is 24.3 Å². The number of unbranched alkanes of at least 4 members (excludes halogenated alkanes) is 9. The largest absolute Gasteiger partial charge is 0.472 e. The topological polar surface area (TPSA) is 134 Å². The van der Waals surface area contributed by atoms with Crippen LogP contribution in [0.4, 0.5) is 0 Å². The third kappa shape index (κ3) is 56.5. The predicted octanol–water partition coefficient (Wildman–Crippen LogP) is 17.5. The number of hydrogen-bond donors (Lipinski definition) is 2. The van der Waals surface area contributed by atoms with Crippen molar-refractivity contribution in [3.63, 3.8) is 0 Å². The van der Waals surface area contributed by atoms with Crippen LogP contribution in [0.3, 0.4) is 0 Å². The second kappa shape index (κ2) is 56.7. The van der Waals surface area contributed by atoms with Gasteiger partial charge in [0.2, 0.25) is 0 Å². The summed E-state index contributed by atoms with van der Waals surface area (Å²) < 4.78 is 32.8. The summed E-state index contributed by atoms with van der Waals surface area (Å²) in [6.07, 6.45) is 84.4. The lowest BCUT2D eigenvalue weighted by Gasteiger charge is -2.19. The lowest BCUT2D eigenvalue weighted by Crippen LogP contribution is -2.29. The monoisotopic (exact) mass is 1030 g/mol. The first-order valence-electron chi connectivity index (χ1n) is 27.6. The normalized spacial score (nSPS) is 14.4. The Morgan fingerprint density at radius 3 is 1.12 bits per heavy atom. The van der Waals surface area contributed by atoms with Crippen molar-refractivity contribution >= 4 is 19.8 Å². The molecular formula is C63H98NO8P. The number of rotatable bonds is 49. The van der Waals surface area contributed by atoms with Crippen molar-refractivity contribution in [1.29, 1.82) is 0 Å². The Balaban J connectivity index is 4.08. The molecule has 2 unspecified atom stereocenters. The Hall–Kier alpha value is -4.63. The van der Waals surface area contributed by atoms with E-state index in [1.807, 2.05) is 12.2 Å². The molecule has 73 heavy (non-hydrogen) atoms. The fourth-order valence-corrected chi connectivity index (χ4v) is 7.41. The van der Waals surface area contributed by atoms with Crippen molar-refractivity contribution in [2.45, 2.75) is 187 Å². The molecule has 0 aliphatic carbocycles. The van der Waals surface area contributed by atoms with Crippen LogP contribution in [0.2, 0.25) is 0 Å². The summed E-state index contributed by atoms with van der Waals surface area (Å²) in [4.78, 5) is 35.0. The predicted molar refractivity (Wildman–Crippen MR) is 311 cm³/mol. The average molecular weight is 1030 g/mol. The summed E-state index contributed by atoms with van der Waals surface area (Å²) in [5.41, 5.74) is 5.36. The highest BCUT2D eigenvalue weighted by Gasteiger charge is 2.25. The molecule has 0 aliphatic rings. The standard InChI is InChI=1S/C63H98NO8P/c1-3-5-7-9-11-13-15-17-19-20-21-22-23-24-25-26-27-28-29-30-31-32-33-34-35-36-37-38-39-40-42-44-46-48-50-52-54-56-63(66)72-61(60-71-73(67,68)70-58-57-64)59-69-62(65)55-53-51-49-47-45-43-41-18-16-14-12-10-8-6-4-2/h5-8,11-14,17-19,21-22,24-25,27-28,30-31,33-34,36-37,41,45,47,51,53,61H,3-4,9-10,15-16,20,23,26,29,32,35,38-40,42-44,46,48-50,52,54-60,64H2,1-2H3,(H,67,68)/b7-5-,8-6-,13-11-,14-12-,19-17-,22-21-,25-24-,28-27-,31-30-,34-33-,37-36-,41-18-,47-45-,53-51-. The van der Waals surface area contributed by atoms with E-state index < -0.39 is 32.5 Å². The van der Waals surface area contributed by atoms with Gasteiger partial charge in [-0.3, -0.25) is 18.6 Å². The van der Waals surface area contributed by atoms with Gasteiger partial charge < -0.3 is 20.1 Å². The zero-order chi connectivity index (χ0) is 53.1. The van der Waals surface area contributed by atoms with E-state index in [0.717, 1.165) is 109 Å². The molecule has 0 aromatic heterocycles. The number of esters is 2. The second-order valence-electron chi connectivity index (χ2n) is 17.4. The lowest BCUT2D eigenvalue weighted by atomic mass is 10.1. The maximum absolute atomic E-state index is 12.7. The number of phosphoric ester groups is 1. The van der Waals surface area contributed by atoms with Crippen LogP contribution in [0.1, 0.15) is 181 Å². The van der Waals surface area contributed by atoms with Gasteiger partial charge in [0, 0.05) is 13.0 Å². The molecule has 0 rings (SSSR count). The van der Waals surface area contributed by atoms with Crippen LogP contribution in [0.25, 0.3) is 0 Å². The summed E-state index contributed by atoms with van der Waals surface area (Å²) in [6, 6.07) is 0. The maximum Gasteiger partial charge on any atom is 0.472 e. The van der Waals surface area contributed by atoms with Gasteiger partial charge in [-0.25, -0.2) is 4.57 Å². The van der Waals surface area contributed by atoms with Gasteiger partial charge in [-0.05, 0) is 109 Å². The maximum atomic E-state index is 12.7. The Morgan fingerprint density at radius 1 is 0.425 bits per heavy atom. The van der Waals surface area contributed by atoms with Gasteiger partial charge >= 0.3 is 19.8 Å². The van der Waals surface area contributed by atoms with Crippen molar-refractivity contribution in [3.8, 4) is 0 Å². The molecule has 408 valence electrons. The van der Waals surface area contributed by atoms with Gasteiger partial charge in [0.1, 0.15) is 6.61 Å². The summed E-state index contributed by atoms with van der Waals surface area (Å²) >= 11 is 0. The van der Waals surface area contributed by atoms with E-state index in [1.54, 1.807) is 6.08 Å². The Morgan fingerprint density at radius 2 is 0.753 bits per heavy atom. The lowest BCUT2D eigenvalue weighted by molar-refractivity contribution is -0.160. The number of carbonyl (C=O) groups excluding carboxylic acids is 2. The van der Waals surface area contributed by atoms with Crippen LogP contribution in [0, 0.1) is 0 Å². The summed E-state index contributed by atoms with van der Waals surface area (Å²) in [6.45, 7) is 3.35. The van der Waals surface area contributed by atoms with Gasteiger partial charge in [-0.2, -0.15) is 0 Å². The van der Waals surface area contributed by atoms with E-state index >= 15 is 0 Å². The molecule has 10 heteroatoms. The fraction of sp³-hybridized carbons (Fsp3) is 0.524. The molecule has 0 saturated carbocycles. The highest BCUT2D eigenvalue weighted by Crippen LogP contribution is 2.43. The highest BCUT2D eigenvalue weighted by atomic mass is 31.2. The minimum absolute atomic E-state index is 0.0316. The van der Waals surface area contributed by atoms with E-state index in [1.165, 1.54) is 32.1 Å². The zero-order valence-corrected chi connectivity index (χ0v) is 46.2. The number of allylic oxidation sites excluding steroid dienone is 27. The third-order valence-corrected chi connectivity index (χ3v) is 11.6. The van der Waals surface area contributed by atoms with Crippen LogP contribution in [-0.2, 0) is 32.7 Å². The fourth-order valence-electron chi connectivity index (χ4n) is 6.64. The van der Waals surface area contributed by atoms with Crippen molar-refractivity contribution in [3.05, 3.63) is 170 Å². The zero-order valence-electron chi connectivity index (χ0n) is 45.3. The Labute approximate surface area is 444 Å². The molecule has 9 nitrogen and oxygen atoms in total. The number of nitrogens with two attached hydrogens (primary N) is 1. The molecule has 0 heterocycles. The minimum Gasteiger partial charge on any atom is -0.461 e. The number of phosphoric acid groups is 1. The second-order valence-corrected chi connectivity index (χ2v) is 18.8. The average Bonchev–Trinajstić information content (AvgIpc) is 3.38. The number of hydrogen-bond acceptors (Lipinski definition) is 8. The molecule has 3 N–H and O–H groups in total. The van der Waals surface area contributed by atoms with E-state index in [2.05, 4.69) is 166 Å². The molecule has 0 amide bonds. The van der Waals surface area contributed by atoms with Gasteiger partial charge in [-0.15, -0.1) is 0 Å². The van der Waals surface area contributed by atoms with Crippen LogP contribution >= 0.6 is 7.82 Å². The van der Waals surface area contributed by atoms with E-state index in [9.17, 15) is 19.0 Å². The van der Waals surface area contributed by atoms with Crippen molar-refractivity contribution in [1.82, 2.24) is 0 Å². The van der Waals surface area contributed by atoms with Crippen LogP contribution < -0.4 is 5.73 Å². The Bertz CT molecular complexity index is 1790. The van der Waals surface area contributed by atoms with Gasteiger partial charge in [0.15, 0.2) is 6.10 Å². The first kappa shape index (κ1) is 68.4. The number of ether oxygens (including phenoxy) is 2. The minimum atomic E-state index is -4.42. The van der Waals surface area contributed by atoms with Gasteiger partial charge in [0.05, 0.1) is 19.6 Å². The highest BCUT2D eigenvalue weighted by molar-refractivity contribution is 7.47. The van der Waals surface area contributed by atoms with Crippen LogP contribution in [0.15, 0.2) is 170 Å². The summed E-state index contributed by atoms with van der Waals surface area (Å²) in [7, 11) is -4.42. The summed E-state index contributed by atoms with van der Waals surface area (Å²) in [5.74, 6) is -0.998. The van der Waals surface area contributed by atoms with E-state index in [0.29, 0.717) is 12.8 Å². The van der Waals surface area contributed by atoms with Gasteiger partial charge in [-0.1, -0.05) is 229 Å². The van der Waals surface area contributed by atoms with Gasteiger partial charge in [0.25, 0.3) is 0 Å². The molecule has 0 radical (unpaired) electrons. The summed E-state index contributed by atoms with van der Waals surface area (Å²) in [5, 5.41) is 0. The first-order valence-corrected chi connectivity index (χ1v) is 29.1. The smallest absolute Gasteiger partial charge is 0.461 e. The van der Waals surface area contributed by atoms with Crippen LogP contribution in [-0.4, -0.2) is 49.3 Å². The molecular weight excluding hydrogens is 930 g/mol. The molecule has 0 saturated heterocycles. The number of carbonyl (C=O) groups is 2. The molecule has 0 aromatic rings. The van der Waals surface area contributed by atoms with Crippen molar-refractivity contribution in [2.24, 2.45) is 5.73 Å². The van der Waals surface area contributed by atoms with Crippen LogP contribution in [0.5, 0.6) is 0 Å². The Kier molecular flexibility index (Phi) is 53.1. The molecule has 0 aliphatic heterocycles. The van der Waals surface area contributed by atoms with E-state index in [-0.39, 0.29) is 32.6 Å². The molecule has 0 spiro atoms. The molecule has 0 fully saturated rings. The third-order valence-electron chi connectivity index (χ3n) is 10.6. The SMILES string of the molecule is CC/C=C\C/C=C\C/C=C\C/C=C\C/C=C\C/C=C\C/C=C\C/C=C\C/C=C\CCCCCCCCCCCC(=O)OC(COC(=O)C/C=C\C/C=C\C/C=C\C/C=C\C/C=C\CC)COP(=O)(O)OCCN. The quantitative estimate of drug-likeness (QED) is 0.0264. The molecule has 0 bridgehead atoms. The molecule has 0 aromatic carbocycles.